The Morgan fingerprint density at radius 1 is 1.10 bits per heavy atom. The highest BCUT2D eigenvalue weighted by Crippen LogP contribution is 2.35. The van der Waals surface area contributed by atoms with E-state index >= 15 is 0 Å². The number of benzene rings is 1. The summed E-state index contributed by atoms with van der Waals surface area (Å²) in [6, 6.07) is 7.10. The SMILES string of the molecule is O=C(c1cccc2c1OCCO2)N1CCN(c2ccnc(C(F)(F)F)c2)C(=O)C1. The Morgan fingerprint density at radius 3 is 2.66 bits per heavy atom. The van der Waals surface area contributed by atoms with Gasteiger partial charge in [-0.05, 0) is 24.3 Å². The molecule has 7 nitrogen and oxygen atoms in total. The predicted octanol–water partition coefficient (Wildman–Crippen LogP) is 2.36. The van der Waals surface area contributed by atoms with Gasteiger partial charge in [0.15, 0.2) is 11.5 Å². The van der Waals surface area contributed by atoms with E-state index in [2.05, 4.69) is 4.98 Å². The van der Waals surface area contributed by atoms with Crippen molar-refractivity contribution in [2.24, 2.45) is 0 Å². The van der Waals surface area contributed by atoms with Crippen molar-refractivity contribution >= 4 is 17.5 Å². The molecular weight excluding hydrogens is 391 g/mol. The summed E-state index contributed by atoms with van der Waals surface area (Å²) in [7, 11) is 0. The maximum absolute atomic E-state index is 12.9. The minimum Gasteiger partial charge on any atom is -0.486 e. The van der Waals surface area contributed by atoms with Crippen LogP contribution in [0, 0.1) is 0 Å². The number of hydrogen-bond donors (Lipinski definition) is 0. The van der Waals surface area contributed by atoms with Crippen molar-refractivity contribution in [2.75, 3.05) is 37.7 Å². The number of alkyl halides is 3. The van der Waals surface area contributed by atoms with Crippen LogP contribution in [0.3, 0.4) is 0 Å². The molecule has 0 bridgehead atoms. The summed E-state index contributed by atoms with van der Waals surface area (Å²) in [5.41, 5.74) is -0.695. The first kappa shape index (κ1) is 19.0. The lowest BCUT2D eigenvalue weighted by molar-refractivity contribution is -0.141. The molecule has 0 saturated carbocycles. The summed E-state index contributed by atoms with van der Waals surface area (Å²) in [5, 5.41) is 0. The number of anilines is 1. The quantitative estimate of drug-likeness (QED) is 0.765. The summed E-state index contributed by atoms with van der Waals surface area (Å²) >= 11 is 0. The third-order valence-electron chi connectivity index (χ3n) is 4.65. The highest BCUT2D eigenvalue weighted by Gasteiger charge is 2.35. The zero-order valence-corrected chi connectivity index (χ0v) is 15.1. The maximum atomic E-state index is 12.9. The number of para-hydroxylation sites is 1. The second kappa shape index (κ2) is 7.26. The molecule has 0 atom stereocenters. The average Bonchev–Trinajstić information content (AvgIpc) is 2.72. The van der Waals surface area contributed by atoms with Crippen LogP contribution >= 0.6 is 0 Å². The summed E-state index contributed by atoms with van der Waals surface area (Å²) in [6.07, 6.45) is -3.60. The predicted molar refractivity (Wildman–Crippen MR) is 94.9 cm³/mol. The molecule has 1 saturated heterocycles. The number of aromatic nitrogens is 1. The van der Waals surface area contributed by atoms with Gasteiger partial charge in [-0.25, -0.2) is 0 Å². The number of nitrogens with zero attached hydrogens (tertiary/aromatic N) is 3. The highest BCUT2D eigenvalue weighted by atomic mass is 19.4. The van der Waals surface area contributed by atoms with Crippen LogP contribution in [-0.4, -0.2) is 54.5 Å². The minimum atomic E-state index is -4.61. The van der Waals surface area contributed by atoms with Gasteiger partial charge in [0.2, 0.25) is 5.91 Å². The average molecular weight is 407 g/mol. The van der Waals surface area contributed by atoms with Gasteiger partial charge in [-0.1, -0.05) is 6.07 Å². The van der Waals surface area contributed by atoms with E-state index in [9.17, 15) is 22.8 Å². The first-order chi connectivity index (χ1) is 13.8. The molecule has 1 fully saturated rings. The van der Waals surface area contributed by atoms with E-state index in [1.54, 1.807) is 18.2 Å². The van der Waals surface area contributed by atoms with E-state index in [4.69, 9.17) is 9.47 Å². The molecule has 2 aromatic rings. The molecule has 0 aliphatic carbocycles. The van der Waals surface area contributed by atoms with Gasteiger partial charge in [0, 0.05) is 25.0 Å². The Morgan fingerprint density at radius 2 is 1.90 bits per heavy atom. The Kier molecular flexibility index (Phi) is 4.77. The largest absolute Gasteiger partial charge is 0.486 e. The zero-order chi connectivity index (χ0) is 20.6. The molecule has 152 valence electrons. The van der Waals surface area contributed by atoms with E-state index in [1.165, 1.54) is 15.9 Å². The number of pyridine rings is 1. The van der Waals surface area contributed by atoms with Crippen LogP contribution in [0.4, 0.5) is 18.9 Å². The van der Waals surface area contributed by atoms with Crippen LogP contribution in [0.25, 0.3) is 0 Å². The van der Waals surface area contributed by atoms with Crippen LogP contribution < -0.4 is 14.4 Å². The Balaban J connectivity index is 1.52. The number of carbonyl (C=O) groups excluding carboxylic acids is 2. The molecule has 0 radical (unpaired) electrons. The van der Waals surface area contributed by atoms with Crippen molar-refractivity contribution in [1.82, 2.24) is 9.88 Å². The van der Waals surface area contributed by atoms with Crippen molar-refractivity contribution in [1.29, 1.82) is 0 Å². The smallest absolute Gasteiger partial charge is 0.433 e. The Labute approximate surface area is 163 Å². The fourth-order valence-corrected chi connectivity index (χ4v) is 3.27. The zero-order valence-electron chi connectivity index (χ0n) is 15.1. The van der Waals surface area contributed by atoms with Crippen LogP contribution in [0.5, 0.6) is 11.5 Å². The third-order valence-corrected chi connectivity index (χ3v) is 4.65. The van der Waals surface area contributed by atoms with E-state index in [1.807, 2.05) is 0 Å². The van der Waals surface area contributed by atoms with Gasteiger partial charge in [-0.3, -0.25) is 14.6 Å². The van der Waals surface area contributed by atoms with E-state index in [-0.39, 0.29) is 30.9 Å². The summed E-state index contributed by atoms with van der Waals surface area (Å²) in [5.74, 6) is -0.0805. The lowest BCUT2D eigenvalue weighted by atomic mass is 10.1. The first-order valence-corrected chi connectivity index (χ1v) is 8.86. The molecule has 1 aromatic heterocycles. The van der Waals surface area contributed by atoms with Crippen LogP contribution in [0.15, 0.2) is 36.5 Å². The minimum absolute atomic E-state index is 0.0677. The van der Waals surface area contributed by atoms with Gasteiger partial charge < -0.3 is 19.3 Å². The van der Waals surface area contributed by atoms with Crippen molar-refractivity contribution in [3.63, 3.8) is 0 Å². The van der Waals surface area contributed by atoms with E-state index < -0.39 is 23.7 Å². The number of amides is 2. The van der Waals surface area contributed by atoms with E-state index in [0.717, 1.165) is 12.3 Å². The van der Waals surface area contributed by atoms with Crippen molar-refractivity contribution < 1.29 is 32.2 Å². The number of ether oxygens (including phenoxy) is 2. The number of piperazine rings is 1. The van der Waals surface area contributed by atoms with Crippen LogP contribution in [-0.2, 0) is 11.0 Å². The molecule has 2 amide bonds. The molecular formula is C19H16F3N3O4. The van der Waals surface area contributed by atoms with Gasteiger partial charge in [-0.2, -0.15) is 13.2 Å². The Bertz CT molecular complexity index is 964. The highest BCUT2D eigenvalue weighted by molar-refractivity contribution is 6.03. The van der Waals surface area contributed by atoms with Crippen LogP contribution in [0.1, 0.15) is 16.1 Å². The molecule has 2 aliphatic rings. The second-order valence-electron chi connectivity index (χ2n) is 6.50. The van der Waals surface area contributed by atoms with Gasteiger partial charge >= 0.3 is 6.18 Å². The standard InChI is InChI=1S/C19H16F3N3O4/c20-19(21,22)15-10-12(4-5-23-15)25-7-6-24(11-16(25)26)18(27)13-2-1-3-14-17(13)29-9-8-28-14/h1-5,10H,6-9,11H2. The molecule has 29 heavy (non-hydrogen) atoms. The van der Waals surface area contributed by atoms with E-state index in [0.29, 0.717) is 24.7 Å². The number of halogens is 3. The number of fused-ring (bicyclic) bond motifs is 1. The fourth-order valence-electron chi connectivity index (χ4n) is 3.27. The summed E-state index contributed by atoms with van der Waals surface area (Å²) in [4.78, 5) is 31.3. The lowest BCUT2D eigenvalue weighted by Gasteiger charge is -2.35. The van der Waals surface area contributed by atoms with Gasteiger partial charge in [0.25, 0.3) is 5.91 Å². The van der Waals surface area contributed by atoms with Gasteiger partial charge in [-0.15, -0.1) is 0 Å². The normalized spacial score (nSPS) is 16.7. The monoisotopic (exact) mass is 407 g/mol. The second-order valence-corrected chi connectivity index (χ2v) is 6.50. The van der Waals surface area contributed by atoms with Crippen molar-refractivity contribution in [3.05, 3.63) is 47.8 Å². The number of carbonyl (C=O) groups is 2. The molecule has 0 spiro atoms. The molecule has 0 N–H and O–H groups in total. The number of hydrogen-bond acceptors (Lipinski definition) is 5. The molecule has 2 aliphatic heterocycles. The molecule has 3 heterocycles. The molecule has 4 rings (SSSR count). The molecule has 0 unspecified atom stereocenters. The van der Waals surface area contributed by atoms with Crippen LogP contribution in [0.2, 0.25) is 0 Å². The first-order valence-electron chi connectivity index (χ1n) is 8.86. The molecule has 1 aromatic carbocycles. The lowest BCUT2D eigenvalue weighted by Crippen LogP contribution is -2.52. The van der Waals surface area contributed by atoms with Crippen molar-refractivity contribution in [3.8, 4) is 11.5 Å². The third kappa shape index (κ3) is 3.69. The number of rotatable bonds is 2. The van der Waals surface area contributed by atoms with Gasteiger partial charge in [0.1, 0.15) is 25.5 Å². The topological polar surface area (TPSA) is 72.0 Å². The van der Waals surface area contributed by atoms with Crippen molar-refractivity contribution in [2.45, 2.75) is 6.18 Å². The summed E-state index contributed by atoms with van der Waals surface area (Å²) < 4.78 is 49.7. The fraction of sp³-hybridized carbons (Fsp3) is 0.316. The summed E-state index contributed by atoms with van der Waals surface area (Å²) in [6.45, 7) is 0.672. The Hall–Kier alpha value is -3.30. The molecule has 10 heteroatoms. The van der Waals surface area contributed by atoms with Gasteiger partial charge in [0.05, 0.1) is 5.56 Å². The maximum Gasteiger partial charge on any atom is 0.433 e.